The fourth-order valence-corrected chi connectivity index (χ4v) is 9.13. The Morgan fingerprint density at radius 3 is 1.25 bits per heavy atom. The van der Waals surface area contributed by atoms with E-state index in [1.54, 1.807) is 69.9 Å². The number of anilines is 2. The van der Waals surface area contributed by atoms with Gasteiger partial charge in [-0.2, -0.15) is 28.8 Å². The molecule has 9 aromatic rings. The van der Waals surface area contributed by atoms with E-state index in [0.29, 0.717) is 98.5 Å². The molecule has 0 spiro atoms. The predicted octanol–water partition coefficient (Wildman–Crippen LogP) is 8.54. The number of ether oxygens (including phenoxy) is 2. The van der Waals surface area contributed by atoms with Gasteiger partial charge in [0.05, 0.1) is 38.0 Å². The summed E-state index contributed by atoms with van der Waals surface area (Å²) in [4.78, 5) is 57.2. The Balaban J connectivity index is 0.000000145. The van der Waals surface area contributed by atoms with Crippen LogP contribution in [0, 0.1) is 38.2 Å². The van der Waals surface area contributed by atoms with Crippen LogP contribution >= 0.6 is 34.8 Å². The first kappa shape index (κ1) is 59.9. The van der Waals surface area contributed by atoms with Crippen LogP contribution in [0.5, 0.6) is 0 Å². The second-order valence-electron chi connectivity index (χ2n) is 21.0. The second kappa shape index (κ2) is 25.7. The Morgan fingerprint density at radius 1 is 0.519 bits per heavy atom. The summed E-state index contributed by atoms with van der Waals surface area (Å²) in [5.41, 5.74) is 3.74. The number of piperazine rings is 3. The van der Waals surface area contributed by atoms with Gasteiger partial charge >= 0.3 is 12.2 Å². The van der Waals surface area contributed by atoms with Gasteiger partial charge in [-0.3, -0.25) is 0 Å². The number of nitrogens with zero attached hydrogens (tertiary/aromatic N) is 16. The van der Waals surface area contributed by atoms with Gasteiger partial charge in [0.1, 0.15) is 47.6 Å². The van der Waals surface area contributed by atoms with Crippen molar-refractivity contribution < 1.29 is 32.2 Å². The van der Waals surface area contributed by atoms with Crippen molar-refractivity contribution in [3.63, 3.8) is 0 Å². The van der Waals surface area contributed by atoms with Crippen molar-refractivity contribution in [3.05, 3.63) is 94.8 Å². The minimum atomic E-state index is -0.525. The standard InChI is InChI=1S/C19H23FN6O2.C14H15FN6.C10H6ClFN4.C9H18N2O2.CH2Cl2/c1-12-5-6-13-14(15(12)20)16-21-11-22-26(16)17(23-13)24-7-9-25(10-8-24)18(27)28-19(2,3)4;1-9-2-3-10-11(12(9)15)13-17-8-18-21(13)14(19-10)20-6-4-16-5-7-20;1-5-2-3-6-7(8(5)12)9-13-4-14-16(9)10(11)15-6;1-9(2,3)13-8(12)11-6-4-10-5-7-11;2-1-3/h5-6,11H,7-10H2,1-4H3;2-3,8,16H,4-7H2,1H3;2-4H,1H3;10H,4-7H2,1-3H3;1H2. The molecule has 0 unspecified atom stereocenters. The van der Waals surface area contributed by atoms with Crippen LogP contribution in [0.1, 0.15) is 58.2 Å². The van der Waals surface area contributed by atoms with Gasteiger partial charge in [-0.1, -0.05) is 18.2 Å². The molecule has 432 valence electrons. The highest BCUT2D eigenvalue weighted by molar-refractivity contribution is 6.40. The Kier molecular flexibility index (Phi) is 19.0. The van der Waals surface area contributed by atoms with Crippen molar-refractivity contribution in [1.29, 1.82) is 0 Å². The molecule has 22 nitrogen and oxygen atoms in total. The molecular formula is C53H64Cl3F3N18O4. The fraction of sp³-hybridized carbons (Fsp3) is 0.453. The minimum absolute atomic E-state index is 0.170. The van der Waals surface area contributed by atoms with Crippen LogP contribution < -0.4 is 20.4 Å². The number of hydrogen-bond acceptors (Lipinski definition) is 17. The number of rotatable bonds is 2. The third-order valence-electron chi connectivity index (χ3n) is 12.8. The smallest absolute Gasteiger partial charge is 0.410 e. The van der Waals surface area contributed by atoms with E-state index in [4.69, 9.17) is 44.3 Å². The second-order valence-corrected chi connectivity index (χ2v) is 22.1. The van der Waals surface area contributed by atoms with Crippen LogP contribution in [0.4, 0.5) is 34.7 Å². The number of carbonyl (C=O) groups excluding carboxylic acids is 2. The van der Waals surface area contributed by atoms with Crippen LogP contribution in [0.25, 0.3) is 49.7 Å². The summed E-state index contributed by atoms with van der Waals surface area (Å²) < 4.78 is 58.3. The predicted molar refractivity (Wildman–Crippen MR) is 306 cm³/mol. The van der Waals surface area contributed by atoms with Gasteiger partial charge in [0, 0.05) is 78.5 Å². The number of hydrogen-bond donors (Lipinski definition) is 2. The Hall–Kier alpha value is -7.19. The first-order chi connectivity index (χ1) is 38.6. The van der Waals surface area contributed by atoms with E-state index < -0.39 is 5.60 Å². The lowest BCUT2D eigenvalue weighted by molar-refractivity contribution is 0.0222. The lowest BCUT2D eigenvalue weighted by atomic mass is 10.1. The summed E-state index contributed by atoms with van der Waals surface area (Å²) in [5.74, 6) is 0.376. The molecule has 0 saturated carbocycles. The van der Waals surface area contributed by atoms with Gasteiger partial charge in [0.15, 0.2) is 16.9 Å². The number of carbonyl (C=O) groups is 2. The van der Waals surface area contributed by atoms with Crippen LogP contribution in [0.15, 0.2) is 55.4 Å². The molecule has 3 saturated heterocycles. The first-order valence-corrected chi connectivity index (χ1v) is 27.5. The largest absolute Gasteiger partial charge is 0.444 e. The van der Waals surface area contributed by atoms with Gasteiger partial charge in [-0.25, -0.2) is 52.7 Å². The van der Waals surface area contributed by atoms with Crippen LogP contribution in [0.3, 0.4) is 0 Å². The lowest BCUT2D eigenvalue weighted by Gasteiger charge is -2.36. The zero-order valence-corrected chi connectivity index (χ0v) is 48.7. The Labute approximate surface area is 479 Å². The van der Waals surface area contributed by atoms with Crippen LogP contribution in [-0.2, 0) is 9.47 Å². The van der Waals surface area contributed by atoms with Crippen molar-refractivity contribution >= 4 is 109 Å². The molecule has 3 fully saturated rings. The molecule has 3 aromatic carbocycles. The molecular weight excluding hydrogens is 1120 g/mol. The molecule has 9 heterocycles. The number of benzene rings is 3. The number of nitrogens with one attached hydrogen (secondary N) is 2. The van der Waals surface area contributed by atoms with E-state index in [-0.39, 0.29) is 45.9 Å². The van der Waals surface area contributed by atoms with Crippen LogP contribution in [-0.4, -0.2) is 176 Å². The van der Waals surface area contributed by atoms with Gasteiger partial charge < -0.3 is 39.7 Å². The maximum atomic E-state index is 14.7. The number of alkyl halides is 2. The zero-order valence-electron chi connectivity index (χ0n) is 46.4. The summed E-state index contributed by atoms with van der Waals surface area (Å²) in [5, 5.41) is 20.4. The Morgan fingerprint density at radius 2 is 0.852 bits per heavy atom. The number of aryl methyl sites for hydroxylation is 3. The molecule has 28 heteroatoms. The molecule has 0 atom stereocenters. The van der Waals surface area contributed by atoms with Gasteiger partial charge in [-0.15, -0.1) is 23.2 Å². The van der Waals surface area contributed by atoms with E-state index in [2.05, 4.69) is 60.7 Å². The van der Waals surface area contributed by atoms with Gasteiger partial charge in [0.25, 0.3) is 0 Å². The van der Waals surface area contributed by atoms with Crippen LogP contribution in [0.2, 0.25) is 5.28 Å². The maximum absolute atomic E-state index is 14.7. The third-order valence-corrected chi connectivity index (χ3v) is 13.1. The average molecular weight is 1180 g/mol. The number of halogens is 6. The minimum Gasteiger partial charge on any atom is -0.444 e. The van der Waals surface area contributed by atoms with Crippen molar-refractivity contribution in [2.24, 2.45) is 0 Å². The highest BCUT2D eigenvalue weighted by Crippen LogP contribution is 2.29. The van der Waals surface area contributed by atoms with Crippen molar-refractivity contribution in [2.75, 3.05) is 93.7 Å². The topological polar surface area (TPSA) is 219 Å². The van der Waals surface area contributed by atoms with E-state index >= 15 is 0 Å². The summed E-state index contributed by atoms with van der Waals surface area (Å²) in [7, 11) is 0. The normalized spacial score (nSPS) is 15.0. The molecule has 2 amide bonds. The maximum Gasteiger partial charge on any atom is 0.410 e. The van der Waals surface area contributed by atoms with Crippen molar-refractivity contribution in [2.45, 2.75) is 73.5 Å². The summed E-state index contributed by atoms with van der Waals surface area (Å²) in [6.07, 6.45) is 3.66. The van der Waals surface area contributed by atoms with Crippen molar-refractivity contribution in [1.82, 2.24) is 79.2 Å². The summed E-state index contributed by atoms with van der Waals surface area (Å²) in [6.45, 7) is 25.2. The number of fused-ring (bicyclic) bond motifs is 9. The van der Waals surface area contributed by atoms with E-state index in [0.717, 1.165) is 58.3 Å². The van der Waals surface area contributed by atoms with E-state index in [1.165, 1.54) is 23.5 Å². The third kappa shape index (κ3) is 13.9. The van der Waals surface area contributed by atoms with Gasteiger partial charge in [0.2, 0.25) is 17.2 Å². The average Bonchev–Trinajstić information content (AvgIpc) is 4.49. The number of aromatic nitrogens is 12. The summed E-state index contributed by atoms with van der Waals surface area (Å²) >= 11 is 15.4. The highest BCUT2D eigenvalue weighted by Gasteiger charge is 2.29. The molecule has 3 aliphatic heterocycles. The van der Waals surface area contributed by atoms with E-state index in [9.17, 15) is 22.8 Å². The zero-order chi connectivity index (χ0) is 58.3. The van der Waals surface area contributed by atoms with Crippen molar-refractivity contribution in [3.8, 4) is 0 Å². The Bertz CT molecular complexity index is 3680. The fourth-order valence-electron chi connectivity index (χ4n) is 8.91. The molecule has 2 N–H and O–H groups in total. The lowest BCUT2D eigenvalue weighted by Crippen LogP contribution is -2.50. The van der Waals surface area contributed by atoms with E-state index in [1.807, 2.05) is 52.5 Å². The number of amides is 2. The first-order valence-electron chi connectivity index (χ1n) is 26.1. The highest BCUT2D eigenvalue weighted by atomic mass is 35.5. The quantitative estimate of drug-likeness (QED) is 0.122. The SMILES string of the molecule is CC(C)(C)OC(=O)N1CCNCC1.Cc1ccc2nc(Cl)n3ncnc3c2c1F.Cc1ccc2nc(N3CCN(C(=O)OC(C)(C)C)CC3)n3ncnc3c2c1F.Cc1ccc2nc(N3CCNCC3)n3ncnc3c2c1F.ClCCl. The molecule has 3 aliphatic rings. The molecule has 6 aromatic heterocycles. The monoisotopic (exact) mass is 1180 g/mol. The molecule has 12 rings (SSSR count). The molecule has 0 radical (unpaired) electrons. The molecule has 0 aliphatic carbocycles. The van der Waals surface area contributed by atoms with Gasteiger partial charge in [-0.05, 0) is 109 Å². The molecule has 0 bridgehead atoms. The summed E-state index contributed by atoms with van der Waals surface area (Å²) in [6, 6.07) is 10.5. The molecule has 81 heavy (non-hydrogen) atoms.